The van der Waals surface area contributed by atoms with Crippen molar-refractivity contribution in [2.45, 2.75) is 68.9 Å². The van der Waals surface area contributed by atoms with Crippen molar-refractivity contribution in [2.75, 3.05) is 30.8 Å². The second-order valence-corrected chi connectivity index (χ2v) is 13.9. The summed E-state index contributed by atoms with van der Waals surface area (Å²) in [5, 5.41) is 1.05. The molecule has 38 heavy (non-hydrogen) atoms. The molecule has 2 N–H and O–H groups in total. The number of nitrogens with one attached hydrogen (secondary N) is 2. The average molecular weight is 582 g/mol. The first kappa shape index (κ1) is 26.7. The number of fused-ring (bicyclic) bond motifs is 1. The first-order valence-electron chi connectivity index (χ1n) is 13.3. The Bertz CT molecular complexity index is 1270. The molecule has 4 unspecified atom stereocenters. The predicted molar refractivity (Wildman–Crippen MR) is 148 cm³/mol. The second kappa shape index (κ2) is 10.1. The van der Waals surface area contributed by atoms with Gasteiger partial charge in [-0.25, -0.2) is 18.8 Å². The van der Waals surface area contributed by atoms with Gasteiger partial charge in [-0.15, -0.1) is 0 Å². The van der Waals surface area contributed by atoms with Gasteiger partial charge in [-0.3, -0.25) is 10.4 Å². The second-order valence-electron chi connectivity index (χ2n) is 11.2. The quantitative estimate of drug-likeness (QED) is 0.531. The molecule has 0 bridgehead atoms. The number of nitrogens with zero attached hydrogens (tertiary/aromatic N) is 4. The predicted octanol–water partition coefficient (Wildman–Crippen LogP) is 3.86. The summed E-state index contributed by atoms with van der Waals surface area (Å²) in [5.41, 5.74) is 8.66. The summed E-state index contributed by atoms with van der Waals surface area (Å²) in [5.74, 6) is 1.27. The molecule has 2 saturated carbocycles. The van der Waals surface area contributed by atoms with E-state index in [1.54, 1.807) is 16.7 Å². The van der Waals surface area contributed by atoms with Crippen molar-refractivity contribution in [1.82, 2.24) is 25.1 Å². The average Bonchev–Trinajstić information content (AvgIpc) is 3.49. The molecule has 4 aliphatic rings. The molecule has 1 spiro atoms. The lowest BCUT2D eigenvalue weighted by molar-refractivity contribution is -0.0370. The van der Waals surface area contributed by atoms with Crippen LogP contribution in [0, 0.1) is 5.92 Å². The van der Waals surface area contributed by atoms with Crippen LogP contribution in [-0.4, -0.2) is 66.3 Å². The van der Waals surface area contributed by atoms with Gasteiger partial charge < -0.3 is 9.64 Å². The zero-order valence-electron chi connectivity index (χ0n) is 21.6. The monoisotopic (exact) mass is 580 g/mol. The number of pyridine rings is 2. The third-order valence-electron chi connectivity index (χ3n) is 8.67. The van der Waals surface area contributed by atoms with Crippen molar-refractivity contribution in [3.8, 4) is 0 Å². The Hall–Kier alpha value is -1.53. The first-order chi connectivity index (χ1) is 18.1. The number of hydrogen-bond acceptors (Lipinski definition) is 8. The van der Waals surface area contributed by atoms with Crippen molar-refractivity contribution < 1.29 is 13.2 Å². The highest BCUT2D eigenvalue weighted by Crippen LogP contribution is 2.46. The van der Waals surface area contributed by atoms with Gasteiger partial charge in [0.05, 0.1) is 40.1 Å². The van der Waals surface area contributed by atoms with Crippen molar-refractivity contribution in [3.05, 3.63) is 51.9 Å². The number of anilines is 1. The number of aromatic nitrogens is 2. The van der Waals surface area contributed by atoms with Crippen LogP contribution >= 0.6 is 23.2 Å². The number of hydrogen-bond donors (Lipinski definition) is 2. The first-order valence-corrected chi connectivity index (χ1v) is 15.9. The molecule has 4 heterocycles. The third kappa shape index (κ3) is 5.05. The number of ether oxygens (including phenoxy) is 1. The Labute approximate surface area is 234 Å². The maximum absolute atomic E-state index is 12.2. The Kier molecular flexibility index (Phi) is 7.12. The van der Waals surface area contributed by atoms with Crippen molar-refractivity contribution >= 4 is 39.0 Å². The molecule has 12 heteroatoms. The minimum Gasteiger partial charge on any atom is -0.370 e. The van der Waals surface area contributed by atoms with Gasteiger partial charge in [0.25, 0.3) is 0 Å². The van der Waals surface area contributed by atoms with Crippen molar-refractivity contribution in [1.29, 1.82) is 0 Å². The lowest BCUT2D eigenvalue weighted by Crippen LogP contribution is -2.56. The summed E-state index contributed by atoms with van der Waals surface area (Å²) >= 11 is 12.7. The van der Waals surface area contributed by atoms with Crippen LogP contribution in [0.2, 0.25) is 10.0 Å². The van der Waals surface area contributed by atoms with Gasteiger partial charge in [-0.1, -0.05) is 29.3 Å². The zero-order chi connectivity index (χ0) is 26.7. The Morgan fingerprint density at radius 1 is 1.11 bits per heavy atom. The molecule has 2 aromatic rings. The largest absolute Gasteiger partial charge is 0.370 e. The fourth-order valence-corrected chi connectivity index (χ4v) is 8.66. The molecule has 6 rings (SSSR count). The van der Waals surface area contributed by atoms with Gasteiger partial charge in [0.1, 0.15) is 5.82 Å². The number of halogens is 2. The normalized spacial score (nSPS) is 29.8. The molecular weight excluding hydrogens is 547 g/mol. The summed E-state index contributed by atoms with van der Waals surface area (Å²) in [4.78, 5) is 11.1. The highest BCUT2D eigenvalue weighted by Gasteiger charge is 2.55. The van der Waals surface area contributed by atoms with E-state index >= 15 is 0 Å². The molecule has 5 atom stereocenters. The van der Waals surface area contributed by atoms with Crippen LogP contribution in [0.1, 0.15) is 62.3 Å². The van der Waals surface area contributed by atoms with E-state index in [1.807, 2.05) is 13.1 Å². The van der Waals surface area contributed by atoms with E-state index < -0.39 is 10.0 Å². The molecule has 0 amide bonds. The topological polar surface area (TPSA) is 99.7 Å². The SMILES string of the molecule is C[C@@H](OC1CCC2NNC(c3ccc(N4CCN(S(C)(=O)=O)C5(CC5)C4)nc3)C2C1)c1c(Cl)cncc1Cl. The number of piperazine rings is 1. The Morgan fingerprint density at radius 3 is 2.53 bits per heavy atom. The fourth-order valence-electron chi connectivity index (χ4n) is 6.63. The molecule has 2 saturated heterocycles. The van der Waals surface area contributed by atoms with Gasteiger partial charge in [-0.2, -0.15) is 4.31 Å². The van der Waals surface area contributed by atoms with Crippen molar-refractivity contribution in [3.63, 3.8) is 0 Å². The molecule has 2 aliphatic heterocycles. The van der Waals surface area contributed by atoms with Crippen LogP contribution in [0.15, 0.2) is 30.7 Å². The summed E-state index contributed by atoms with van der Waals surface area (Å²) in [6.45, 7) is 3.85. The van der Waals surface area contributed by atoms with Gasteiger partial charge in [0.2, 0.25) is 10.0 Å². The molecule has 0 radical (unpaired) electrons. The van der Waals surface area contributed by atoms with Crippen LogP contribution in [0.25, 0.3) is 0 Å². The lowest BCUT2D eigenvalue weighted by atomic mass is 9.78. The highest BCUT2D eigenvalue weighted by atomic mass is 35.5. The molecule has 9 nitrogen and oxygen atoms in total. The summed E-state index contributed by atoms with van der Waals surface area (Å²) < 4.78 is 32.6. The Morgan fingerprint density at radius 2 is 1.87 bits per heavy atom. The number of sulfonamides is 1. The third-order valence-corrected chi connectivity index (χ3v) is 10.6. The highest BCUT2D eigenvalue weighted by molar-refractivity contribution is 7.88. The Balaban J connectivity index is 1.11. The fraction of sp³-hybridized carbons (Fsp3) is 0.615. The van der Waals surface area contributed by atoms with E-state index in [-0.39, 0.29) is 23.8 Å². The van der Waals surface area contributed by atoms with Crippen LogP contribution in [0.4, 0.5) is 5.82 Å². The lowest BCUT2D eigenvalue weighted by Gasteiger charge is -2.41. The number of hydrazine groups is 1. The maximum Gasteiger partial charge on any atom is 0.211 e. The van der Waals surface area contributed by atoms with Gasteiger partial charge in [0, 0.05) is 49.8 Å². The standard InChI is InChI=1S/C26H34Cl2N6O3S/c1-16(24-20(27)13-29-14-21(24)28)37-18-4-5-22-19(11-18)25(32-31-22)17-3-6-23(30-12-17)33-9-10-34(38(2,35)36)26(15-33)7-8-26/h3,6,12-14,16,18-19,22,25,31-32H,4-5,7-11,15H2,1-2H3/t16-,18?,19?,22?,25?/m1/s1. The smallest absolute Gasteiger partial charge is 0.211 e. The van der Waals surface area contributed by atoms with Gasteiger partial charge >= 0.3 is 0 Å². The zero-order valence-corrected chi connectivity index (χ0v) is 23.9. The minimum atomic E-state index is -3.19. The van der Waals surface area contributed by atoms with E-state index in [1.165, 1.54) is 6.26 Å². The molecular formula is C26H34Cl2N6O3S. The number of rotatable bonds is 6. The van der Waals surface area contributed by atoms with Crippen LogP contribution in [-0.2, 0) is 14.8 Å². The minimum absolute atomic E-state index is 0.101. The van der Waals surface area contributed by atoms with Gasteiger partial charge in [0.15, 0.2) is 0 Å². The van der Waals surface area contributed by atoms with Crippen LogP contribution < -0.4 is 15.8 Å². The molecule has 2 aromatic heterocycles. The van der Waals surface area contributed by atoms with Crippen molar-refractivity contribution in [2.24, 2.45) is 5.92 Å². The van der Waals surface area contributed by atoms with E-state index in [0.29, 0.717) is 41.6 Å². The maximum atomic E-state index is 12.2. The van der Waals surface area contributed by atoms with Crippen LogP contribution in [0.5, 0.6) is 0 Å². The molecule has 2 aliphatic carbocycles. The van der Waals surface area contributed by atoms with Crippen LogP contribution in [0.3, 0.4) is 0 Å². The van der Waals surface area contributed by atoms with E-state index in [0.717, 1.165) is 49.0 Å². The molecule has 206 valence electrons. The molecule has 4 fully saturated rings. The van der Waals surface area contributed by atoms with E-state index in [9.17, 15) is 8.42 Å². The molecule has 0 aromatic carbocycles. The van der Waals surface area contributed by atoms with Gasteiger partial charge in [-0.05, 0) is 56.6 Å². The summed E-state index contributed by atoms with van der Waals surface area (Å²) in [7, 11) is -3.19. The summed E-state index contributed by atoms with van der Waals surface area (Å²) in [6.07, 6.45) is 11.1. The summed E-state index contributed by atoms with van der Waals surface area (Å²) in [6, 6.07) is 4.73. The van der Waals surface area contributed by atoms with E-state index in [4.69, 9.17) is 32.9 Å². The van der Waals surface area contributed by atoms with E-state index in [2.05, 4.69) is 32.9 Å².